The van der Waals surface area contributed by atoms with Crippen molar-refractivity contribution < 1.29 is 4.79 Å². The average Bonchev–Trinajstić information content (AvgIpc) is 3.24. The van der Waals surface area contributed by atoms with E-state index in [-0.39, 0.29) is 11.8 Å². The number of amides is 1. The molecule has 18 heavy (non-hydrogen) atoms. The molecular formula is C14H19N3O. The smallest absolute Gasteiger partial charge is 0.223 e. The lowest BCUT2D eigenvalue weighted by molar-refractivity contribution is -0.125. The highest BCUT2D eigenvalue weighted by molar-refractivity contribution is 5.79. The van der Waals surface area contributed by atoms with E-state index in [1.807, 2.05) is 24.4 Å². The Hall–Kier alpha value is -1.58. The maximum absolute atomic E-state index is 11.9. The third-order valence-electron chi connectivity index (χ3n) is 3.76. The van der Waals surface area contributed by atoms with Crippen LogP contribution in [0.4, 0.5) is 5.82 Å². The molecule has 3 rings (SSSR count). The molecule has 0 bridgehead atoms. The standard InChI is InChI=1S/C14H19N3O/c18-14(16-12-4-5-12)11-6-9-17(10-7-11)13-3-1-2-8-15-13/h1-3,8,11-12H,4-7,9-10H2,(H,16,18). The molecule has 4 nitrogen and oxygen atoms in total. The van der Waals surface area contributed by atoms with E-state index < -0.39 is 0 Å². The highest BCUT2D eigenvalue weighted by Crippen LogP contribution is 2.24. The molecular weight excluding hydrogens is 226 g/mol. The van der Waals surface area contributed by atoms with Gasteiger partial charge in [0.25, 0.3) is 0 Å². The molecule has 0 aromatic carbocycles. The molecule has 96 valence electrons. The third-order valence-corrected chi connectivity index (χ3v) is 3.76. The second-order valence-corrected chi connectivity index (χ2v) is 5.23. The Kier molecular flexibility index (Phi) is 3.17. The monoisotopic (exact) mass is 245 g/mol. The molecule has 1 saturated carbocycles. The van der Waals surface area contributed by atoms with Crippen LogP contribution in [0.15, 0.2) is 24.4 Å². The number of nitrogens with one attached hydrogen (secondary N) is 1. The minimum absolute atomic E-state index is 0.200. The number of hydrogen-bond acceptors (Lipinski definition) is 3. The summed E-state index contributed by atoms with van der Waals surface area (Å²) in [5.74, 6) is 1.49. The van der Waals surface area contributed by atoms with E-state index in [0.29, 0.717) is 6.04 Å². The Morgan fingerprint density at radius 3 is 2.61 bits per heavy atom. The zero-order valence-corrected chi connectivity index (χ0v) is 10.5. The summed E-state index contributed by atoms with van der Waals surface area (Å²) in [5, 5.41) is 3.11. The average molecular weight is 245 g/mol. The number of rotatable bonds is 3. The number of aromatic nitrogens is 1. The maximum Gasteiger partial charge on any atom is 0.223 e. The van der Waals surface area contributed by atoms with Crippen LogP contribution in [0.5, 0.6) is 0 Å². The highest BCUT2D eigenvalue weighted by atomic mass is 16.2. The molecule has 1 saturated heterocycles. The largest absolute Gasteiger partial charge is 0.357 e. The summed E-state index contributed by atoms with van der Waals surface area (Å²) in [6, 6.07) is 6.45. The molecule has 1 aromatic heterocycles. The van der Waals surface area contributed by atoms with Crippen LogP contribution in [-0.4, -0.2) is 30.0 Å². The summed E-state index contributed by atoms with van der Waals surface area (Å²) in [7, 11) is 0. The minimum atomic E-state index is 0.200. The predicted molar refractivity (Wildman–Crippen MR) is 70.3 cm³/mol. The number of hydrogen-bond donors (Lipinski definition) is 1. The molecule has 4 heteroatoms. The van der Waals surface area contributed by atoms with Crippen LogP contribution in [0.25, 0.3) is 0 Å². The molecule has 2 heterocycles. The van der Waals surface area contributed by atoms with Crippen LogP contribution < -0.4 is 10.2 Å². The summed E-state index contributed by atoms with van der Waals surface area (Å²) in [4.78, 5) is 18.6. The Morgan fingerprint density at radius 2 is 2.00 bits per heavy atom. The van der Waals surface area contributed by atoms with E-state index >= 15 is 0 Å². The van der Waals surface area contributed by atoms with Crippen molar-refractivity contribution in [1.29, 1.82) is 0 Å². The van der Waals surface area contributed by atoms with Crippen molar-refractivity contribution in [3.8, 4) is 0 Å². The van der Waals surface area contributed by atoms with Crippen molar-refractivity contribution in [3.63, 3.8) is 0 Å². The van der Waals surface area contributed by atoms with Gasteiger partial charge in [0.2, 0.25) is 5.91 Å². The van der Waals surface area contributed by atoms with Crippen molar-refractivity contribution in [1.82, 2.24) is 10.3 Å². The summed E-state index contributed by atoms with van der Waals surface area (Å²) < 4.78 is 0. The molecule has 0 radical (unpaired) electrons. The topological polar surface area (TPSA) is 45.2 Å². The Labute approximate surface area is 107 Å². The van der Waals surface area contributed by atoms with Crippen LogP contribution in [-0.2, 0) is 4.79 Å². The first-order valence-corrected chi connectivity index (χ1v) is 6.79. The van der Waals surface area contributed by atoms with Gasteiger partial charge in [-0.15, -0.1) is 0 Å². The van der Waals surface area contributed by atoms with Crippen LogP contribution in [0.2, 0.25) is 0 Å². The van der Waals surface area contributed by atoms with Gasteiger partial charge in [-0.05, 0) is 37.8 Å². The SMILES string of the molecule is O=C(NC1CC1)C1CCN(c2ccccn2)CC1. The molecule has 1 aliphatic carbocycles. The van der Waals surface area contributed by atoms with Gasteiger partial charge >= 0.3 is 0 Å². The van der Waals surface area contributed by atoms with Gasteiger partial charge in [-0.1, -0.05) is 6.07 Å². The number of carbonyl (C=O) groups is 1. The van der Waals surface area contributed by atoms with Crippen LogP contribution >= 0.6 is 0 Å². The fraction of sp³-hybridized carbons (Fsp3) is 0.571. The predicted octanol–water partition coefficient (Wildman–Crippen LogP) is 1.58. The van der Waals surface area contributed by atoms with E-state index in [2.05, 4.69) is 15.2 Å². The Balaban J connectivity index is 1.53. The van der Waals surface area contributed by atoms with Gasteiger partial charge < -0.3 is 10.2 Å². The highest BCUT2D eigenvalue weighted by Gasteiger charge is 2.30. The lowest BCUT2D eigenvalue weighted by Gasteiger charge is -2.32. The summed E-state index contributed by atoms with van der Waals surface area (Å²) in [5.41, 5.74) is 0. The minimum Gasteiger partial charge on any atom is -0.357 e. The second kappa shape index (κ2) is 4.96. The van der Waals surface area contributed by atoms with E-state index in [1.54, 1.807) is 0 Å². The van der Waals surface area contributed by atoms with E-state index in [1.165, 1.54) is 12.8 Å². The van der Waals surface area contributed by atoms with Gasteiger partial charge in [0.05, 0.1) is 0 Å². The lowest BCUT2D eigenvalue weighted by atomic mass is 9.96. The third kappa shape index (κ3) is 2.63. The van der Waals surface area contributed by atoms with E-state index in [4.69, 9.17) is 0 Å². The molecule has 1 amide bonds. The van der Waals surface area contributed by atoms with Gasteiger partial charge in [0.15, 0.2) is 0 Å². The van der Waals surface area contributed by atoms with Crippen molar-refractivity contribution in [2.75, 3.05) is 18.0 Å². The first-order valence-electron chi connectivity index (χ1n) is 6.79. The van der Waals surface area contributed by atoms with E-state index in [0.717, 1.165) is 31.7 Å². The van der Waals surface area contributed by atoms with Crippen LogP contribution in [0.1, 0.15) is 25.7 Å². The number of carbonyl (C=O) groups excluding carboxylic acids is 1. The number of piperidine rings is 1. The first-order chi connectivity index (χ1) is 8.83. The fourth-order valence-corrected chi connectivity index (χ4v) is 2.46. The number of nitrogens with zero attached hydrogens (tertiary/aromatic N) is 2. The van der Waals surface area contributed by atoms with Crippen molar-refractivity contribution in [2.45, 2.75) is 31.7 Å². The summed E-state index contributed by atoms with van der Waals surface area (Å²) >= 11 is 0. The fourth-order valence-electron chi connectivity index (χ4n) is 2.46. The zero-order valence-electron chi connectivity index (χ0n) is 10.5. The molecule has 0 unspecified atom stereocenters. The molecule has 2 fully saturated rings. The van der Waals surface area contributed by atoms with E-state index in [9.17, 15) is 4.79 Å². The van der Waals surface area contributed by atoms with Gasteiger partial charge in [0.1, 0.15) is 5.82 Å². The number of anilines is 1. The Morgan fingerprint density at radius 1 is 1.22 bits per heavy atom. The summed E-state index contributed by atoms with van der Waals surface area (Å²) in [6.45, 7) is 1.86. The van der Waals surface area contributed by atoms with Crippen LogP contribution in [0.3, 0.4) is 0 Å². The number of pyridine rings is 1. The van der Waals surface area contributed by atoms with Gasteiger partial charge in [0, 0.05) is 31.2 Å². The molecule has 1 N–H and O–H groups in total. The second-order valence-electron chi connectivity index (χ2n) is 5.23. The van der Waals surface area contributed by atoms with Gasteiger partial charge in [-0.25, -0.2) is 4.98 Å². The van der Waals surface area contributed by atoms with Crippen molar-refractivity contribution in [3.05, 3.63) is 24.4 Å². The van der Waals surface area contributed by atoms with Crippen molar-refractivity contribution >= 4 is 11.7 Å². The lowest BCUT2D eigenvalue weighted by Crippen LogP contribution is -2.41. The molecule has 2 aliphatic rings. The maximum atomic E-state index is 11.9. The quantitative estimate of drug-likeness (QED) is 0.879. The van der Waals surface area contributed by atoms with Gasteiger partial charge in [-0.2, -0.15) is 0 Å². The molecule has 1 aromatic rings. The molecule has 0 spiro atoms. The Bertz CT molecular complexity index is 408. The van der Waals surface area contributed by atoms with Gasteiger partial charge in [-0.3, -0.25) is 4.79 Å². The first kappa shape index (κ1) is 11.5. The molecule has 1 aliphatic heterocycles. The normalized spacial score (nSPS) is 20.8. The van der Waals surface area contributed by atoms with Crippen molar-refractivity contribution in [2.24, 2.45) is 5.92 Å². The zero-order chi connectivity index (χ0) is 12.4. The molecule has 0 atom stereocenters. The summed E-state index contributed by atoms with van der Waals surface area (Å²) in [6.07, 6.45) is 6.03. The van der Waals surface area contributed by atoms with Crippen LogP contribution in [0, 0.1) is 5.92 Å².